The van der Waals surface area contributed by atoms with Crippen LogP contribution in [0.4, 0.5) is 0 Å². The van der Waals surface area contributed by atoms with E-state index in [1.54, 1.807) is 7.05 Å². The van der Waals surface area contributed by atoms with Crippen LogP contribution in [0.15, 0.2) is 0 Å². The van der Waals surface area contributed by atoms with Crippen LogP contribution >= 0.6 is 0 Å². The number of carboxylic acids is 3. The number of hydrogen-bond donors (Lipinski definition) is 4. The fourth-order valence-electron chi connectivity index (χ4n) is 4.34. The first-order valence-corrected chi connectivity index (χ1v) is 7.28. The van der Waals surface area contributed by atoms with Gasteiger partial charge in [-0.05, 0) is 32.7 Å². The van der Waals surface area contributed by atoms with E-state index in [0.29, 0.717) is 12.8 Å². The molecular weight excluding hydrogens is 294 g/mol. The molecule has 8 heteroatoms. The molecule has 2 bridgehead atoms. The first-order valence-electron chi connectivity index (χ1n) is 7.28. The highest BCUT2D eigenvalue weighted by atomic mass is 16.4. The van der Waals surface area contributed by atoms with Crippen molar-refractivity contribution in [1.82, 2.24) is 4.90 Å². The molecule has 0 saturated carbocycles. The van der Waals surface area contributed by atoms with E-state index >= 15 is 0 Å². The molecule has 2 heterocycles. The van der Waals surface area contributed by atoms with E-state index in [4.69, 9.17) is 5.11 Å². The quantitative estimate of drug-likeness (QED) is 0.537. The maximum absolute atomic E-state index is 11.8. The van der Waals surface area contributed by atoms with Crippen molar-refractivity contribution in [1.29, 1.82) is 0 Å². The van der Waals surface area contributed by atoms with E-state index in [0.717, 1.165) is 19.3 Å². The number of carbonyl (C=O) groups is 3. The van der Waals surface area contributed by atoms with Crippen molar-refractivity contribution in [3.63, 3.8) is 0 Å². The zero-order chi connectivity index (χ0) is 16.7. The molecule has 0 aromatic carbocycles. The van der Waals surface area contributed by atoms with Crippen molar-refractivity contribution in [2.24, 2.45) is 5.92 Å². The molecule has 0 aromatic rings. The third-order valence-corrected chi connectivity index (χ3v) is 5.36. The summed E-state index contributed by atoms with van der Waals surface area (Å²) in [6, 6.07) is 0.151. The fourth-order valence-corrected chi connectivity index (χ4v) is 4.34. The van der Waals surface area contributed by atoms with Gasteiger partial charge in [-0.2, -0.15) is 0 Å². The lowest BCUT2D eigenvalue weighted by molar-refractivity contribution is -0.190. The van der Waals surface area contributed by atoms with Crippen LogP contribution in [0, 0.1) is 5.92 Å². The Labute approximate surface area is 127 Å². The predicted octanol–water partition coefficient (Wildman–Crippen LogP) is -0.00550. The Bertz CT molecular complexity index is 503. The number of nitrogens with zero attached hydrogens (tertiary/aromatic N) is 1. The number of rotatable bonds is 6. The molecule has 2 aliphatic heterocycles. The summed E-state index contributed by atoms with van der Waals surface area (Å²) in [6.45, 7) is 0. The van der Waals surface area contributed by atoms with E-state index in [2.05, 4.69) is 0 Å². The average Bonchev–Trinajstić information content (AvgIpc) is 2.59. The van der Waals surface area contributed by atoms with Gasteiger partial charge in [0.15, 0.2) is 5.60 Å². The summed E-state index contributed by atoms with van der Waals surface area (Å²) in [6.07, 6.45) is 2.10. The highest BCUT2D eigenvalue weighted by Crippen LogP contribution is 2.51. The number of hydrogen-bond acceptors (Lipinski definition) is 5. The van der Waals surface area contributed by atoms with Crippen molar-refractivity contribution in [3.8, 4) is 0 Å². The molecule has 2 unspecified atom stereocenters. The minimum Gasteiger partial charge on any atom is -0.481 e. The molecule has 2 fully saturated rings. The number of carboxylic acid groups (broad SMARTS) is 3. The van der Waals surface area contributed by atoms with Crippen LogP contribution in [0.5, 0.6) is 0 Å². The second kappa shape index (κ2) is 5.51. The van der Waals surface area contributed by atoms with Crippen molar-refractivity contribution in [2.75, 3.05) is 7.05 Å². The van der Waals surface area contributed by atoms with Gasteiger partial charge in [0.1, 0.15) is 5.92 Å². The highest BCUT2D eigenvalue weighted by molar-refractivity contribution is 5.90. The lowest BCUT2D eigenvalue weighted by Gasteiger charge is -2.49. The smallest absolute Gasteiger partial charge is 0.337 e. The van der Waals surface area contributed by atoms with Gasteiger partial charge in [-0.25, -0.2) is 4.79 Å². The fraction of sp³-hybridized carbons (Fsp3) is 0.786. The second-order valence-corrected chi connectivity index (χ2v) is 6.37. The molecule has 4 atom stereocenters. The van der Waals surface area contributed by atoms with Crippen LogP contribution in [-0.4, -0.2) is 67.5 Å². The molecule has 0 spiro atoms. The van der Waals surface area contributed by atoms with Crippen LogP contribution in [0.1, 0.15) is 38.5 Å². The topological polar surface area (TPSA) is 135 Å². The Kier molecular flexibility index (Phi) is 4.18. The van der Waals surface area contributed by atoms with E-state index < -0.39 is 41.4 Å². The summed E-state index contributed by atoms with van der Waals surface area (Å²) in [5.41, 5.74) is -3.85. The summed E-state index contributed by atoms with van der Waals surface area (Å²) >= 11 is 0. The number of fused-ring (bicyclic) bond motifs is 2. The summed E-state index contributed by atoms with van der Waals surface area (Å²) in [7, 11) is 1.73. The number of aliphatic hydroxyl groups is 1. The molecular formula is C14H21NO7. The molecule has 2 aliphatic rings. The van der Waals surface area contributed by atoms with Gasteiger partial charge < -0.3 is 20.4 Å². The standard InChI is InChI=1S/C14H21NO7/c1-15-8-3-2-5-13(15,6-4-8)10(11(18)19)14(22,12(20)21)7-9(16)17/h8,10,22H,2-7H2,1H3,(H,16,17)(H,18,19)(H,20,21)/t8-,10?,13+,14?/m1/s1. The van der Waals surface area contributed by atoms with Gasteiger partial charge in [-0.3, -0.25) is 14.5 Å². The van der Waals surface area contributed by atoms with Gasteiger partial charge in [0.2, 0.25) is 0 Å². The highest BCUT2D eigenvalue weighted by Gasteiger charge is 2.63. The number of aliphatic carboxylic acids is 3. The molecule has 22 heavy (non-hydrogen) atoms. The minimum atomic E-state index is -2.84. The zero-order valence-corrected chi connectivity index (χ0v) is 12.4. The van der Waals surface area contributed by atoms with Crippen molar-refractivity contribution < 1.29 is 34.8 Å². The first-order chi connectivity index (χ1) is 10.1. The molecule has 0 aromatic heterocycles. The molecule has 8 nitrogen and oxygen atoms in total. The minimum absolute atomic E-state index is 0.151. The Morgan fingerprint density at radius 2 is 1.86 bits per heavy atom. The van der Waals surface area contributed by atoms with Gasteiger partial charge in [-0.1, -0.05) is 6.42 Å². The lowest BCUT2D eigenvalue weighted by Crippen LogP contribution is -2.65. The SMILES string of the molecule is CN1[C@@H]2CCC[C@@]1(C(C(=O)O)C(O)(CC(=O)O)C(=O)O)CC2. The van der Waals surface area contributed by atoms with Crippen molar-refractivity contribution in [2.45, 2.75) is 55.7 Å². The van der Waals surface area contributed by atoms with Gasteiger partial charge in [-0.15, -0.1) is 0 Å². The van der Waals surface area contributed by atoms with Gasteiger partial charge >= 0.3 is 17.9 Å². The molecule has 2 saturated heterocycles. The Morgan fingerprint density at radius 3 is 2.36 bits per heavy atom. The van der Waals surface area contributed by atoms with Gasteiger partial charge in [0.25, 0.3) is 0 Å². The normalized spacial score (nSPS) is 32.2. The zero-order valence-electron chi connectivity index (χ0n) is 12.4. The third kappa shape index (κ3) is 2.36. The molecule has 0 radical (unpaired) electrons. The maximum atomic E-state index is 11.8. The Hall–Kier alpha value is -1.67. The van der Waals surface area contributed by atoms with Crippen LogP contribution in [0.3, 0.4) is 0 Å². The van der Waals surface area contributed by atoms with Gasteiger partial charge in [0.05, 0.1) is 6.42 Å². The monoisotopic (exact) mass is 315 g/mol. The molecule has 0 aliphatic carbocycles. The third-order valence-electron chi connectivity index (χ3n) is 5.36. The summed E-state index contributed by atoms with van der Waals surface area (Å²) in [5, 5.41) is 38.4. The van der Waals surface area contributed by atoms with E-state index in [-0.39, 0.29) is 6.04 Å². The van der Waals surface area contributed by atoms with E-state index in [1.165, 1.54) is 0 Å². The van der Waals surface area contributed by atoms with Crippen molar-refractivity contribution in [3.05, 3.63) is 0 Å². The molecule has 2 rings (SSSR count). The van der Waals surface area contributed by atoms with Crippen molar-refractivity contribution >= 4 is 17.9 Å². The first kappa shape index (κ1) is 16.7. The number of piperidine rings is 1. The van der Waals surface area contributed by atoms with Crippen LogP contribution in [0.2, 0.25) is 0 Å². The summed E-state index contributed by atoms with van der Waals surface area (Å²) < 4.78 is 0. The van der Waals surface area contributed by atoms with E-state index in [9.17, 15) is 29.7 Å². The summed E-state index contributed by atoms with van der Waals surface area (Å²) in [4.78, 5) is 36.2. The average molecular weight is 315 g/mol. The molecule has 0 amide bonds. The second-order valence-electron chi connectivity index (χ2n) is 6.37. The maximum Gasteiger partial charge on any atom is 0.337 e. The van der Waals surface area contributed by atoms with Crippen LogP contribution in [-0.2, 0) is 14.4 Å². The Balaban J connectivity index is 2.51. The predicted molar refractivity (Wildman–Crippen MR) is 73.3 cm³/mol. The lowest BCUT2D eigenvalue weighted by atomic mass is 9.67. The molecule has 124 valence electrons. The van der Waals surface area contributed by atoms with Gasteiger partial charge in [0, 0.05) is 11.6 Å². The van der Waals surface area contributed by atoms with Crippen LogP contribution < -0.4 is 0 Å². The summed E-state index contributed by atoms with van der Waals surface area (Å²) in [5.74, 6) is -6.51. The van der Waals surface area contributed by atoms with E-state index in [1.807, 2.05) is 4.90 Å². The Morgan fingerprint density at radius 1 is 1.23 bits per heavy atom. The largest absolute Gasteiger partial charge is 0.481 e. The molecule has 4 N–H and O–H groups in total. The van der Waals surface area contributed by atoms with Crippen LogP contribution in [0.25, 0.3) is 0 Å².